The minimum absolute atomic E-state index is 0.0108. The molecule has 1 aromatic heterocycles. The molecule has 0 aliphatic heterocycles. The zero-order valence-electron chi connectivity index (χ0n) is 9.42. The number of carbonyl (C=O) groups excluding carboxylic acids is 1. The second-order valence-corrected chi connectivity index (χ2v) is 3.67. The highest BCUT2D eigenvalue weighted by atomic mass is 16.4. The van der Waals surface area contributed by atoms with Crippen LogP contribution in [-0.4, -0.2) is 17.0 Å². The summed E-state index contributed by atoms with van der Waals surface area (Å²) in [7, 11) is 0. The van der Waals surface area contributed by atoms with Crippen LogP contribution in [0, 0.1) is 0 Å². The van der Waals surface area contributed by atoms with Gasteiger partial charge in [0.25, 0.3) is 5.91 Å². The predicted molar refractivity (Wildman–Crippen MR) is 63.3 cm³/mol. The highest BCUT2D eigenvalue weighted by molar-refractivity contribution is 5.95. The number of nitrogens with one attached hydrogen (secondary N) is 1. The normalized spacial score (nSPS) is 10.0. The van der Waals surface area contributed by atoms with Crippen LogP contribution >= 0.6 is 0 Å². The van der Waals surface area contributed by atoms with Crippen molar-refractivity contribution in [3.05, 3.63) is 59.5 Å². The average molecular weight is 245 g/mol. The highest BCUT2D eigenvalue weighted by Crippen LogP contribution is 2.08. The fourth-order valence-electron chi connectivity index (χ4n) is 1.43. The standard InChI is InChI=1S/C13H11NO4/c15-12(11-6-10(8-18-11)13(16)17)14-7-9-4-2-1-3-5-9/h1-6,8H,7H2,(H,14,15)(H,16,17). The Hall–Kier alpha value is -2.56. The molecule has 5 heteroatoms. The van der Waals surface area contributed by atoms with Crippen molar-refractivity contribution in [3.8, 4) is 0 Å². The van der Waals surface area contributed by atoms with Crippen LogP contribution in [-0.2, 0) is 6.54 Å². The summed E-state index contributed by atoms with van der Waals surface area (Å²) < 4.78 is 4.88. The van der Waals surface area contributed by atoms with E-state index in [2.05, 4.69) is 5.32 Å². The monoisotopic (exact) mass is 245 g/mol. The van der Waals surface area contributed by atoms with Crippen LogP contribution in [0.1, 0.15) is 26.5 Å². The molecule has 0 aliphatic rings. The van der Waals surface area contributed by atoms with Crippen molar-refractivity contribution in [1.82, 2.24) is 5.32 Å². The third-order valence-corrected chi connectivity index (χ3v) is 2.37. The van der Waals surface area contributed by atoms with E-state index in [1.165, 1.54) is 6.07 Å². The minimum Gasteiger partial charge on any atom is -0.478 e. The molecule has 0 unspecified atom stereocenters. The number of carboxylic acids is 1. The van der Waals surface area contributed by atoms with Gasteiger partial charge in [0.1, 0.15) is 6.26 Å². The van der Waals surface area contributed by atoms with E-state index < -0.39 is 11.9 Å². The number of rotatable bonds is 4. The molecule has 5 nitrogen and oxygen atoms in total. The van der Waals surface area contributed by atoms with Crippen molar-refractivity contribution < 1.29 is 19.1 Å². The Morgan fingerprint density at radius 3 is 2.56 bits per heavy atom. The van der Waals surface area contributed by atoms with E-state index >= 15 is 0 Å². The van der Waals surface area contributed by atoms with Gasteiger partial charge in [0.15, 0.2) is 5.76 Å². The van der Waals surface area contributed by atoms with Crippen molar-refractivity contribution in [1.29, 1.82) is 0 Å². The summed E-state index contributed by atoms with van der Waals surface area (Å²) in [6, 6.07) is 10.6. The van der Waals surface area contributed by atoms with Gasteiger partial charge in [-0.15, -0.1) is 0 Å². The molecule has 2 N–H and O–H groups in total. The number of hydrogen-bond donors (Lipinski definition) is 2. The first kappa shape index (κ1) is 11.9. The van der Waals surface area contributed by atoms with Crippen LogP contribution < -0.4 is 5.32 Å². The fraction of sp³-hybridized carbons (Fsp3) is 0.0769. The number of furan rings is 1. The number of aromatic carboxylic acids is 1. The van der Waals surface area contributed by atoms with Crippen LogP contribution in [0.3, 0.4) is 0 Å². The number of hydrogen-bond acceptors (Lipinski definition) is 3. The van der Waals surface area contributed by atoms with Crippen LogP contribution in [0.2, 0.25) is 0 Å². The van der Waals surface area contributed by atoms with E-state index in [0.717, 1.165) is 11.8 Å². The summed E-state index contributed by atoms with van der Waals surface area (Å²) in [5.74, 6) is -1.57. The molecule has 2 aromatic rings. The Bertz CT molecular complexity index is 559. The third kappa shape index (κ3) is 2.76. The maximum atomic E-state index is 11.7. The first-order chi connectivity index (χ1) is 8.66. The first-order valence-corrected chi connectivity index (χ1v) is 5.31. The van der Waals surface area contributed by atoms with Gasteiger partial charge in [-0.1, -0.05) is 30.3 Å². The SMILES string of the molecule is O=C(O)c1coc(C(=O)NCc2ccccc2)c1. The van der Waals surface area contributed by atoms with Gasteiger partial charge in [-0.3, -0.25) is 4.79 Å². The van der Waals surface area contributed by atoms with Gasteiger partial charge in [0, 0.05) is 12.6 Å². The zero-order valence-corrected chi connectivity index (χ0v) is 9.42. The quantitative estimate of drug-likeness (QED) is 0.862. The smallest absolute Gasteiger partial charge is 0.338 e. The minimum atomic E-state index is -1.12. The molecule has 0 bridgehead atoms. The Morgan fingerprint density at radius 2 is 1.94 bits per heavy atom. The van der Waals surface area contributed by atoms with E-state index in [0.29, 0.717) is 6.54 Å². The molecular formula is C13H11NO4. The molecule has 2 rings (SSSR count). The van der Waals surface area contributed by atoms with E-state index in [1.807, 2.05) is 30.3 Å². The maximum Gasteiger partial charge on any atom is 0.338 e. The predicted octanol–water partition coefficient (Wildman–Crippen LogP) is 1.91. The van der Waals surface area contributed by atoms with Gasteiger partial charge in [0.05, 0.1) is 5.56 Å². The topological polar surface area (TPSA) is 79.5 Å². The Kier molecular flexibility index (Phi) is 3.43. The highest BCUT2D eigenvalue weighted by Gasteiger charge is 2.14. The Morgan fingerprint density at radius 1 is 1.22 bits per heavy atom. The van der Waals surface area contributed by atoms with Crippen molar-refractivity contribution in [2.75, 3.05) is 0 Å². The largest absolute Gasteiger partial charge is 0.478 e. The van der Waals surface area contributed by atoms with Gasteiger partial charge in [-0.05, 0) is 5.56 Å². The number of carbonyl (C=O) groups is 2. The van der Waals surface area contributed by atoms with E-state index in [4.69, 9.17) is 9.52 Å². The van der Waals surface area contributed by atoms with E-state index in [1.54, 1.807) is 0 Å². The fourth-order valence-corrected chi connectivity index (χ4v) is 1.43. The van der Waals surface area contributed by atoms with Crippen LogP contribution in [0.5, 0.6) is 0 Å². The summed E-state index contributed by atoms with van der Waals surface area (Å²) in [5.41, 5.74) is 0.913. The lowest BCUT2D eigenvalue weighted by atomic mass is 10.2. The molecular weight excluding hydrogens is 234 g/mol. The van der Waals surface area contributed by atoms with E-state index in [9.17, 15) is 9.59 Å². The molecule has 1 aromatic carbocycles. The molecule has 0 fully saturated rings. The first-order valence-electron chi connectivity index (χ1n) is 5.31. The van der Waals surface area contributed by atoms with Crippen molar-refractivity contribution in [3.63, 3.8) is 0 Å². The van der Waals surface area contributed by atoms with Crippen molar-refractivity contribution in [2.24, 2.45) is 0 Å². The van der Waals surface area contributed by atoms with Crippen molar-refractivity contribution in [2.45, 2.75) is 6.54 Å². The summed E-state index contributed by atoms with van der Waals surface area (Å²) >= 11 is 0. The molecule has 1 amide bonds. The summed E-state index contributed by atoms with van der Waals surface area (Å²) in [5, 5.41) is 11.3. The molecule has 0 saturated heterocycles. The van der Waals surface area contributed by atoms with Gasteiger partial charge >= 0.3 is 5.97 Å². The molecule has 0 radical (unpaired) electrons. The van der Waals surface area contributed by atoms with Crippen LogP contribution in [0.25, 0.3) is 0 Å². The van der Waals surface area contributed by atoms with Gasteiger partial charge in [0.2, 0.25) is 0 Å². The average Bonchev–Trinajstić information content (AvgIpc) is 2.87. The lowest BCUT2D eigenvalue weighted by molar-refractivity contribution is 0.0696. The molecule has 18 heavy (non-hydrogen) atoms. The molecule has 0 spiro atoms. The van der Waals surface area contributed by atoms with E-state index in [-0.39, 0.29) is 11.3 Å². The van der Waals surface area contributed by atoms with Crippen molar-refractivity contribution >= 4 is 11.9 Å². The van der Waals surface area contributed by atoms with Crippen LogP contribution in [0.15, 0.2) is 47.1 Å². The lowest BCUT2D eigenvalue weighted by Crippen LogP contribution is -2.22. The lowest BCUT2D eigenvalue weighted by Gasteiger charge is -2.02. The van der Waals surface area contributed by atoms with Gasteiger partial charge < -0.3 is 14.8 Å². The number of benzene rings is 1. The molecule has 0 aliphatic carbocycles. The van der Waals surface area contributed by atoms with Gasteiger partial charge in [-0.2, -0.15) is 0 Å². The zero-order chi connectivity index (χ0) is 13.0. The summed E-state index contributed by atoms with van der Waals surface area (Å²) in [4.78, 5) is 22.3. The Balaban J connectivity index is 1.97. The van der Waals surface area contributed by atoms with Gasteiger partial charge in [-0.25, -0.2) is 4.79 Å². The second-order valence-electron chi connectivity index (χ2n) is 3.67. The summed E-state index contributed by atoms with van der Waals surface area (Å²) in [6.45, 7) is 0.364. The molecule has 0 saturated carbocycles. The maximum absolute atomic E-state index is 11.7. The summed E-state index contributed by atoms with van der Waals surface area (Å²) in [6.07, 6.45) is 1.04. The molecule has 1 heterocycles. The third-order valence-electron chi connectivity index (χ3n) is 2.37. The Labute approximate surface area is 103 Å². The molecule has 92 valence electrons. The molecule has 0 atom stereocenters. The number of amides is 1. The number of carboxylic acid groups (broad SMARTS) is 1. The van der Waals surface area contributed by atoms with Crippen LogP contribution in [0.4, 0.5) is 0 Å². The second kappa shape index (κ2) is 5.18.